The number of hydrogen-bond acceptors (Lipinski definition) is 3. The Morgan fingerprint density at radius 1 is 1.14 bits per heavy atom. The van der Waals surface area contributed by atoms with E-state index in [0.717, 1.165) is 11.1 Å². The summed E-state index contributed by atoms with van der Waals surface area (Å²) in [6.07, 6.45) is 1.14. The molecule has 1 saturated heterocycles. The first-order chi connectivity index (χ1) is 13.6. The number of benzene rings is 2. The van der Waals surface area contributed by atoms with E-state index in [1.165, 1.54) is 21.3 Å². The van der Waals surface area contributed by atoms with E-state index in [1.54, 1.807) is 33.0 Å². The molecule has 0 aromatic heterocycles. The number of sulfonamides is 1. The SMILES string of the molecule is Cc1cc(C)c(S(=O)(=O)N2CCCC2C(=O)N(C)Cc2ccc(F)cc2)c(C)c1. The van der Waals surface area contributed by atoms with Crippen LogP contribution in [0.1, 0.15) is 35.1 Å². The van der Waals surface area contributed by atoms with Crippen molar-refractivity contribution in [3.05, 3.63) is 64.5 Å². The van der Waals surface area contributed by atoms with Gasteiger partial charge in [0.05, 0.1) is 4.90 Å². The predicted molar refractivity (Wildman–Crippen MR) is 110 cm³/mol. The molecule has 0 spiro atoms. The van der Waals surface area contributed by atoms with Crippen LogP contribution in [-0.2, 0) is 21.4 Å². The van der Waals surface area contributed by atoms with Crippen LogP contribution in [0.3, 0.4) is 0 Å². The second kappa shape index (κ2) is 8.24. The summed E-state index contributed by atoms with van der Waals surface area (Å²) in [5.74, 6) is -0.572. The van der Waals surface area contributed by atoms with Gasteiger partial charge >= 0.3 is 0 Å². The summed E-state index contributed by atoms with van der Waals surface area (Å²) in [4.78, 5) is 14.9. The van der Waals surface area contributed by atoms with Crippen LogP contribution in [-0.4, -0.2) is 43.2 Å². The summed E-state index contributed by atoms with van der Waals surface area (Å²) in [5, 5.41) is 0. The van der Waals surface area contributed by atoms with Crippen molar-refractivity contribution in [2.75, 3.05) is 13.6 Å². The fourth-order valence-corrected chi connectivity index (χ4v) is 6.23. The van der Waals surface area contributed by atoms with Gasteiger partial charge in [-0.3, -0.25) is 4.79 Å². The van der Waals surface area contributed by atoms with Gasteiger partial charge in [0.2, 0.25) is 15.9 Å². The normalized spacial score (nSPS) is 17.5. The zero-order chi connectivity index (χ0) is 21.3. The number of likely N-dealkylation sites (N-methyl/N-ethyl adjacent to an activating group) is 1. The van der Waals surface area contributed by atoms with E-state index in [1.807, 2.05) is 19.1 Å². The fraction of sp³-hybridized carbons (Fsp3) is 0.409. The number of carbonyl (C=O) groups excluding carboxylic acids is 1. The molecule has 2 aromatic carbocycles. The zero-order valence-electron chi connectivity index (χ0n) is 17.3. The number of amides is 1. The topological polar surface area (TPSA) is 57.7 Å². The van der Waals surface area contributed by atoms with Crippen LogP contribution in [0.4, 0.5) is 4.39 Å². The summed E-state index contributed by atoms with van der Waals surface area (Å²) in [6, 6.07) is 8.94. The van der Waals surface area contributed by atoms with E-state index < -0.39 is 16.1 Å². The lowest BCUT2D eigenvalue weighted by molar-refractivity contribution is -0.133. The Hall–Kier alpha value is -2.25. The van der Waals surface area contributed by atoms with Crippen molar-refractivity contribution in [1.82, 2.24) is 9.21 Å². The van der Waals surface area contributed by atoms with Gasteiger partial charge in [-0.15, -0.1) is 0 Å². The Morgan fingerprint density at radius 3 is 2.31 bits per heavy atom. The maximum absolute atomic E-state index is 13.4. The van der Waals surface area contributed by atoms with E-state index >= 15 is 0 Å². The Balaban J connectivity index is 1.85. The van der Waals surface area contributed by atoms with E-state index in [4.69, 9.17) is 0 Å². The minimum Gasteiger partial charge on any atom is -0.340 e. The molecule has 5 nitrogen and oxygen atoms in total. The van der Waals surface area contributed by atoms with Crippen LogP contribution in [0.25, 0.3) is 0 Å². The second-order valence-electron chi connectivity index (χ2n) is 7.82. The van der Waals surface area contributed by atoms with Gasteiger partial charge in [0.25, 0.3) is 0 Å². The van der Waals surface area contributed by atoms with E-state index in [0.29, 0.717) is 42.0 Å². The Morgan fingerprint density at radius 2 is 1.72 bits per heavy atom. The summed E-state index contributed by atoms with van der Waals surface area (Å²) in [7, 11) is -2.14. The number of hydrogen-bond donors (Lipinski definition) is 0. The van der Waals surface area contributed by atoms with Crippen molar-refractivity contribution in [3.8, 4) is 0 Å². The number of carbonyl (C=O) groups is 1. The van der Waals surface area contributed by atoms with E-state index in [2.05, 4.69) is 0 Å². The molecule has 1 atom stereocenters. The number of rotatable bonds is 5. The molecule has 7 heteroatoms. The molecule has 29 heavy (non-hydrogen) atoms. The van der Waals surface area contributed by atoms with Crippen LogP contribution >= 0.6 is 0 Å². The van der Waals surface area contributed by atoms with Crippen LogP contribution in [0.2, 0.25) is 0 Å². The molecule has 156 valence electrons. The highest BCUT2D eigenvalue weighted by Crippen LogP contribution is 2.31. The van der Waals surface area contributed by atoms with Crippen molar-refractivity contribution >= 4 is 15.9 Å². The fourth-order valence-electron chi connectivity index (χ4n) is 4.16. The van der Waals surface area contributed by atoms with Crippen molar-refractivity contribution in [2.45, 2.75) is 51.1 Å². The van der Waals surface area contributed by atoms with Crippen LogP contribution < -0.4 is 0 Å². The monoisotopic (exact) mass is 418 g/mol. The van der Waals surface area contributed by atoms with Crippen molar-refractivity contribution in [1.29, 1.82) is 0 Å². The average Bonchev–Trinajstić information content (AvgIpc) is 3.12. The molecule has 2 aromatic rings. The first kappa shape index (κ1) is 21.5. The van der Waals surface area contributed by atoms with E-state index in [-0.39, 0.29) is 11.7 Å². The second-order valence-corrected chi connectivity index (χ2v) is 9.65. The quantitative estimate of drug-likeness (QED) is 0.746. The molecule has 1 unspecified atom stereocenters. The molecule has 0 aliphatic carbocycles. The van der Waals surface area contributed by atoms with Gasteiger partial charge in [-0.2, -0.15) is 4.31 Å². The molecular formula is C22H27FN2O3S. The highest BCUT2D eigenvalue weighted by molar-refractivity contribution is 7.89. The van der Waals surface area contributed by atoms with Crippen molar-refractivity contribution < 1.29 is 17.6 Å². The third-order valence-electron chi connectivity index (χ3n) is 5.37. The largest absolute Gasteiger partial charge is 0.340 e. The van der Waals surface area contributed by atoms with Crippen molar-refractivity contribution in [3.63, 3.8) is 0 Å². The first-order valence-corrected chi connectivity index (χ1v) is 11.1. The lowest BCUT2D eigenvalue weighted by atomic mass is 10.1. The molecular weight excluding hydrogens is 391 g/mol. The molecule has 0 bridgehead atoms. The molecule has 3 rings (SSSR count). The molecule has 0 saturated carbocycles. The Kier molecular flexibility index (Phi) is 6.10. The lowest BCUT2D eigenvalue weighted by Gasteiger charge is -2.28. The number of aryl methyl sites for hydroxylation is 3. The van der Waals surface area contributed by atoms with Gasteiger partial charge in [-0.05, 0) is 62.4 Å². The lowest BCUT2D eigenvalue weighted by Crippen LogP contribution is -2.46. The standard InChI is InChI=1S/C22H27FN2O3S/c1-15-12-16(2)21(17(3)13-15)29(27,28)25-11-5-6-20(25)22(26)24(4)14-18-7-9-19(23)10-8-18/h7-10,12-13,20H,5-6,11,14H2,1-4H3. The van der Waals surface area contributed by atoms with Gasteiger partial charge in [-0.25, -0.2) is 12.8 Å². The molecule has 1 amide bonds. The minimum atomic E-state index is -3.79. The van der Waals surface area contributed by atoms with E-state index in [9.17, 15) is 17.6 Å². The molecule has 0 N–H and O–H groups in total. The van der Waals surface area contributed by atoms with Gasteiger partial charge in [0.15, 0.2) is 0 Å². The molecule has 1 heterocycles. The summed E-state index contributed by atoms with van der Waals surface area (Å²) in [6.45, 7) is 6.14. The molecule has 0 radical (unpaired) electrons. The molecule has 1 aliphatic rings. The smallest absolute Gasteiger partial charge is 0.244 e. The summed E-state index contributed by atoms with van der Waals surface area (Å²) >= 11 is 0. The van der Waals surface area contributed by atoms with Gasteiger partial charge in [-0.1, -0.05) is 29.8 Å². The summed E-state index contributed by atoms with van der Waals surface area (Å²) in [5.41, 5.74) is 3.19. The maximum atomic E-state index is 13.4. The van der Waals surface area contributed by atoms with Crippen LogP contribution in [0, 0.1) is 26.6 Å². The van der Waals surface area contributed by atoms with Crippen LogP contribution in [0.5, 0.6) is 0 Å². The zero-order valence-corrected chi connectivity index (χ0v) is 18.1. The minimum absolute atomic E-state index is 0.238. The highest BCUT2D eigenvalue weighted by Gasteiger charge is 2.41. The summed E-state index contributed by atoms with van der Waals surface area (Å²) < 4.78 is 41.3. The number of halogens is 1. The average molecular weight is 419 g/mol. The van der Waals surface area contributed by atoms with Gasteiger partial charge < -0.3 is 4.90 Å². The number of nitrogens with zero attached hydrogens (tertiary/aromatic N) is 2. The van der Waals surface area contributed by atoms with Crippen LogP contribution in [0.15, 0.2) is 41.3 Å². The first-order valence-electron chi connectivity index (χ1n) is 9.70. The Labute approximate surface area is 172 Å². The predicted octanol–water partition coefficient (Wildman–Crippen LogP) is 3.56. The highest BCUT2D eigenvalue weighted by atomic mass is 32.2. The molecule has 1 fully saturated rings. The molecule has 1 aliphatic heterocycles. The maximum Gasteiger partial charge on any atom is 0.244 e. The Bertz CT molecular complexity index is 996. The third kappa shape index (κ3) is 4.36. The van der Waals surface area contributed by atoms with Gasteiger partial charge in [0, 0.05) is 20.1 Å². The van der Waals surface area contributed by atoms with Gasteiger partial charge in [0.1, 0.15) is 11.9 Å². The van der Waals surface area contributed by atoms with Crippen molar-refractivity contribution in [2.24, 2.45) is 0 Å². The third-order valence-corrected chi connectivity index (χ3v) is 7.58.